The molecule has 4 aromatic rings. The molecule has 0 aliphatic carbocycles. The highest BCUT2D eigenvalue weighted by molar-refractivity contribution is 6.04. The standard InChI is InChI=1S/C45H67N11O6.C2HF3O2/c1-5-28(4)37(41(58)54-35(43(60)61)24-27(2)3)56-40(57)34(25-29-26-52-33-19-11-10-16-30(29)33)53-42(59)39-32(17-9-6-7-12-21-50-44(46)47)31-18-15-20-36(38(31)55-39)62-23-14-8-13-22-51-45(48)49;3-2(4,5)1(6)7/h10-11,15-16,18-20,26-28,34-35,37,52,55H,5-9,12-14,17,21-25H2,1-4H3,(H,53,59)(H,54,58)(H,56,57)(H,60,61)(H4,46,47,50)(H4,48,49,51);(H,6,7)/t28-,34-,35-,37-;/m0./s1. The average molecular weight is 972 g/mol. The molecule has 22 heteroatoms. The third kappa shape index (κ3) is 18.5. The number of hydrogen-bond donors (Lipinski definition) is 11. The number of para-hydroxylation sites is 2. The first kappa shape index (κ1) is 56.3. The monoisotopic (exact) mass is 972 g/mol. The lowest BCUT2D eigenvalue weighted by Gasteiger charge is -2.28. The number of amides is 3. The minimum Gasteiger partial charge on any atom is -0.491 e. The molecule has 380 valence electrons. The molecular weight excluding hydrogens is 904 g/mol. The number of nitrogens with two attached hydrogens (primary N) is 4. The van der Waals surface area contributed by atoms with Gasteiger partial charge in [0.25, 0.3) is 5.91 Å². The number of unbranched alkanes of at least 4 members (excludes halogenated alkanes) is 5. The SMILES string of the molecule is CC[C@H](C)[C@H](NC(=O)[C@H](Cc1c[nH]c2ccccc12)NC(=O)c1[nH]c2c(OCCCCCN=C(N)N)cccc2c1CCCCCCN=C(N)N)C(=O)N[C@@H](CC(C)C)C(=O)O.O=C(O)C(F)(F)F. The number of aryl methyl sites for hydroxylation is 1. The van der Waals surface area contributed by atoms with Crippen LogP contribution in [0.4, 0.5) is 13.2 Å². The maximum atomic E-state index is 14.7. The summed E-state index contributed by atoms with van der Waals surface area (Å²) in [6.07, 6.45) is 3.93. The van der Waals surface area contributed by atoms with Crippen LogP contribution in [0.3, 0.4) is 0 Å². The second kappa shape index (κ2) is 27.7. The summed E-state index contributed by atoms with van der Waals surface area (Å²) in [5.41, 5.74) is 25.3. The number of benzene rings is 2. The molecule has 0 aliphatic heterocycles. The normalized spacial score (nSPS) is 13.0. The van der Waals surface area contributed by atoms with Crippen molar-refractivity contribution in [2.45, 2.75) is 123 Å². The van der Waals surface area contributed by atoms with Crippen molar-refractivity contribution in [1.29, 1.82) is 0 Å². The smallest absolute Gasteiger partial charge is 0.490 e. The number of guanidine groups is 2. The number of rotatable bonds is 27. The molecule has 0 unspecified atom stereocenters. The van der Waals surface area contributed by atoms with Gasteiger partial charge in [-0.05, 0) is 80.0 Å². The van der Waals surface area contributed by atoms with Gasteiger partial charge in [-0.1, -0.05) is 77.3 Å². The van der Waals surface area contributed by atoms with E-state index >= 15 is 0 Å². The number of ether oxygens (including phenoxy) is 1. The molecular formula is C47H68F3N11O8. The van der Waals surface area contributed by atoms with Crippen LogP contribution in [-0.4, -0.2) is 106 Å². The maximum Gasteiger partial charge on any atom is 0.490 e. The Bertz CT molecular complexity index is 2370. The van der Waals surface area contributed by atoms with Gasteiger partial charge in [-0.15, -0.1) is 0 Å². The highest BCUT2D eigenvalue weighted by Crippen LogP contribution is 2.32. The number of carboxylic acids is 2. The summed E-state index contributed by atoms with van der Waals surface area (Å²) in [7, 11) is 0. The minimum absolute atomic E-state index is 0.00443. The minimum atomic E-state index is -5.08. The number of carbonyl (C=O) groups is 5. The number of nitrogens with one attached hydrogen (secondary N) is 5. The molecule has 4 rings (SSSR count). The van der Waals surface area contributed by atoms with Gasteiger partial charge in [-0.25, -0.2) is 9.59 Å². The van der Waals surface area contributed by atoms with Crippen LogP contribution in [0.2, 0.25) is 0 Å². The van der Waals surface area contributed by atoms with Crippen LogP contribution in [0.5, 0.6) is 5.75 Å². The number of aliphatic imine (C=N–C) groups is 2. The second-order valence-electron chi connectivity index (χ2n) is 17.1. The van der Waals surface area contributed by atoms with Gasteiger partial charge in [-0.2, -0.15) is 13.2 Å². The first-order valence-electron chi connectivity index (χ1n) is 23.0. The predicted octanol–water partition coefficient (Wildman–Crippen LogP) is 4.97. The molecule has 0 aliphatic rings. The molecule has 69 heavy (non-hydrogen) atoms. The third-order valence-electron chi connectivity index (χ3n) is 11.2. The highest BCUT2D eigenvalue weighted by Gasteiger charge is 2.38. The molecule has 0 saturated carbocycles. The number of aromatic nitrogens is 2. The summed E-state index contributed by atoms with van der Waals surface area (Å²) in [4.78, 5) is 78.6. The number of aliphatic carboxylic acids is 2. The Labute approximate surface area is 398 Å². The quantitative estimate of drug-likeness (QED) is 0.0214. The maximum absolute atomic E-state index is 14.7. The molecule has 2 aromatic heterocycles. The van der Waals surface area contributed by atoms with Crippen molar-refractivity contribution in [3.05, 3.63) is 65.5 Å². The summed E-state index contributed by atoms with van der Waals surface area (Å²) >= 11 is 0. The summed E-state index contributed by atoms with van der Waals surface area (Å²) in [6, 6.07) is 10.1. The average Bonchev–Trinajstić information content (AvgIpc) is 3.87. The van der Waals surface area contributed by atoms with Crippen LogP contribution in [0, 0.1) is 11.8 Å². The largest absolute Gasteiger partial charge is 0.491 e. The Morgan fingerprint density at radius 3 is 1.97 bits per heavy atom. The van der Waals surface area contributed by atoms with E-state index in [4.69, 9.17) is 37.6 Å². The molecule has 2 aromatic carbocycles. The fraction of sp³-hybridized carbons (Fsp3) is 0.511. The number of aromatic amines is 2. The van der Waals surface area contributed by atoms with Gasteiger partial charge in [0.2, 0.25) is 11.8 Å². The number of fused-ring (bicyclic) bond motifs is 2. The fourth-order valence-electron chi connectivity index (χ4n) is 7.45. The molecule has 15 N–H and O–H groups in total. The Hall–Kier alpha value is -7.00. The van der Waals surface area contributed by atoms with Crippen molar-refractivity contribution in [3.8, 4) is 5.75 Å². The molecule has 0 bridgehead atoms. The number of hydrogen-bond acceptors (Lipinski definition) is 8. The number of carboxylic acid groups (broad SMARTS) is 2. The van der Waals surface area contributed by atoms with E-state index in [1.165, 1.54) is 0 Å². The summed E-state index contributed by atoms with van der Waals surface area (Å²) in [5.74, 6) is -5.22. The van der Waals surface area contributed by atoms with Crippen molar-refractivity contribution in [2.24, 2.45) is 44.8 Å². The number of H-pyrrole nitrogens is 2. The van der Waals surface area contributed by atoms with Crippen molar-refractivity contribution in [1.82, 2.24) is 25.9 Å². The zero-order chi connectivity index (χ0) is 51.3. The summed E-state index contributed by atoms with van der Waals surface area (Å²) in [6.45, 7) is 8.97. The zero-order valence-corrected chi connectivity index (χ0v) is 39.6. The van der Waals surface area contributed by atoms with E-state index in [1.807, 2.05) is 76.4 Å². The Kier molecular flexibility index (Phi) is 22.6. The van der Waals surface area contributed by atoms with Gasteiger partial charge in [0, 0.05) is 42.0 Å². The van der Waals surface area contributed by atoms with Gasteiger partial charge in [0.05, 0.1) is 12.1 Å². The Morgan fingerprint density at radius 1 is 0.768 bits per heavy atom. The van der Waals surface area contributed by atoms with Gasteiger partial charge >= 0.3 is 18.1 Å². The topological polar surface area (TPSA) is 332 Å². The van der Waals surface area contributed by atoms with Gasteiger partial charge < -0.3 is 63.8 Å². The lowest BCUT2D eigenvalue weighted by molar-refractivity contribution is -0.192. The van der Waals surface area contributed by atoms with Crippen LogP contribution in [0.15, 0.2) is 58.6 Å². The van der Waals surface area contributed by atoms with Crippen molar-refractivity contribution >= 4 is 63.4 Å². The van der Waals surface area contributed by atoms with E-state index in [2.05, 4.69) is 35.9 Å². The second-order valence-corrected chi connectivity index (χ2v) is 17.1. The van der Waals surface area contributed by atoms with Crippen molar-refractivity contribution < 1.29 is 52.1 Å². The number of carbonyl (C=O) groups excluding carboxylic acids is 3. The van der Waals surface area contributed by atoms with Gasteiger partial charge in [0.15, 0.2) is 11.9 Å². The Morgan fingerprint density at radius 2 is 1.38 bits per heavy atom. The number of alkyl halides is 3. The lowest BCUT2D eigenvalue weighted by atomic mass is 9.96. The highest BCUT2D eigenvalue weighted by atomic mass is 19.4. The molecule has 19 nitrogen and oxygen atoms in total. The summed E-state index contributed by atoms with van der Waals surface area (Å²) in [5, 5.41) is 27.3. The number of nitrogens with zero attached hydrogens (tertiary/aromatic N) is 2. The van der Waals surface area contributed by atoms with E-state index in [0.717, 1.165) is 72.4 Å². The molecule has 4 atom stereocenters. The van der Waals surface area contributed by atoms with Crippen LogP contribution in [-0.2, 0) is 32.0 Å². The van der Waals surface area contributed by atoms with Crippen LogP contribution < -0.4 is 43.6 Å². The summed E-state index contributed by atoms with van der Waals surface area (Å²) < 4.78 is 38.0. The van der Waals surface area contributed by atoms with Crippen LogP contribution in [0.1, 0.15) is 107 Å². The zero-order valence-electron chi connectivity index (χ0n) is 39.6. The van der Waals surface area contributed by atoms with Crippen LogP contribution in [0.25, 0.3) is 21.8 Å². The third-order valence-corrected chi connectivity index (χ3v) is 11.2. The first-order valence-corrected chi connectivity index (χ1v) is 23.0. The van der Waals surface area contributed by atoms with Gasteiger partial charge in [0.1, 0.15) is 29.6 Å². The van der Waals surface area contributed by atoms with Crippen LogP contribution >= 0.6 is 0 Å². The van der Waals surface area contributed by atoms with E-state index in [1.54, 1.807) is 0 Å². The van der Waals surface area contributed by atoms with Crippen molar-refractivity contribution in [2.75, 3.05) is 19.7 Å². The molecule has 3 amide bonds. The van der Waals surface area contributed by atoms with E-state index < -0.39 is 54.0 Å². The first-order chi connectivity index (χ1) is 32.6. The molecule has 0 spiro atoms. The molecule has 0 radical (unpaired) electrons. The number of halogens is 3. The molecule has 0 saturated heterocycles. The van der Waals surface area contributed by atoms with E-state index in [0.29, 0.717) is 49.5 Å². The Balaban J connectivity index is 0.00000167. The van der Waals surface area contributed by atoms with E-state index in [-0.39, 0.29) is 36.6 Å². The van der Waals surface area contributed by atoms with Gasteiger partial charge in [-0.3, -0.25) is 24.4 Å². The predicted molar refractivity (Wildman–Crippen MR) is 259 cm³/mol. The van der Waals surface area contributed by atoms with E-state index in [9.17, 15) is 37.5 Å². The lowest BCUT2D eigenvalue weighted by Crippen LogP contribution is -2.58. The molecule has 0 fully saturated rings. The van der Waals surface area contributed by atoms with Crippen molar-refractivity contribution in [3.63, 3.8) is 0 Å². The fourth-order valence-corrected chi connectivity index (χ4v) is 7.45. The molecule has 2 heterocycles.